The fourth-order valence-electron chi connectivity index (χ4n) is 3.13. The Kier molecular flexibility index (Phi) is 5.34. The molecule has 0 aliphatic carbocycles. The Bertz CT molecular complexity index is 897. The van der Waals surface area contributed by atoms with Crippen LogP contribution in [0.5, 0.6) is 0 Å². The number of ether oxygens (including phenoxy) is 1. The van der Waals surface area contributed by atoms with Gasteiger partial charge in [0.15, 0.2) is 4.77 Å². The third kappa shape index (κ3) is 3.99. The van der Waals surface area contributed by atoms with E-state index in [0.29, 0.717) is 27.3 Å². The van der Waals surface area contributed by atoms with E-state index in [1.54, 1.807) is 25.2 Å². The number of carbonyl (C=O) groups is 1. The summed E-state index contributed by atoms with van der Waals surface area (Å²) in [7, 11) is 1.62. The Hall–Kier alpha value is -1.99. The molecule has 2 aromatic rings. The fourth-order valence-corrected chi connectivity index (χ4v) is 3.33. The van der Waals surface area contributed by atoms with Gasteiger partial charge < -0.3 is 15.0 Å². The first-order valence-corrected chi connectivity index (χ1v) is 9.02. The zero-order valence-corrected chi connectivity index (χ0v) is 15.3. The number of H-pyrrole nitrogens is 1. The van der Waals surface area contributed by atoms with E-state index >= 15 is 0 Å². The van der Waals surface area contributed by atoms with Crippen LogP contribution in [-0.2, 0) is 11.8 Å². The number of hydrogen-bond acceptors (Lipinski definition) is 4. The first kappa shape index (κ1) is 17.8. The van der Waals surface area contributed by atoms with E-state index in [1.165, 1.54) is 4.57 Å². The van der Waals surface area contributed by atoms with Crippen LogP contribution in [0.2, 0.25) is 0 Å². The van der Waals surface area contributed by atoms with Crippen molar-refractivity contribution in [2.45, 2.75) is 44.8 Å². The highest BCUT2D eigenvalue weighted by Crippen LogP contribution is 2.18. The molecule has 2 atom stereocenters. The van der Waals surface area contributed by atoms with Gasteiger partial charge in [0.2, 0.25) is 0 Å². The molecule has 7 heteroatoms. The molecule has 1 aliphatic rings. The summed E-state index contributed by atoms with van der Waals surface area (Å²) in [6.07, 6.45) is 4.41. The molecule has 0 spiro atoms. The number of nitrogens with one attached hydrogen (secondary N) is 2. The van der Waals surface area contributed by atoms with Crippen LogP contribution in [0.4, 0.5) is 0 Å². The number of amides is 1. The van der Waals surface area contributed by atoms with Crippen molar-refractivity contribution in [1.29, 1.82) is 0 Å². The van der Waals surface area contributed by atoms with Crippen LogP contribution in [0.1, 0.15) is 43.0 Å². The summed E-state index contributed by atoms with van der Waals surface area (Å²) < 4.78 is 7.33. The van der Waals surface area contributed by atoms with Crippen molar-refractivity contribution in [3.05, 3.63) is 38.9 Å². The monoisotopic (exact) mass is 361 g/mol. The molecule has 2 heterocycles. The minimum absolute atomic E-state index is 0.0644. The molecule has 1 fully saturated rings. The number of fused-ring (bicyclic) bond motifs is 1. The van der Waals surface area contributed by atoms with Gasteiger partial charge in [-0.1, -0.05) is 0 Å². The molecular weight excluding hydrogens is 338 g/mol. The van der Waals surface area contributed by atoms with E-state index in [9.17, 15) is 9.59 Å². The molecule has 1 aliphatic heterocycles. The summed E-state index contributed by atoms with van der Waals surface area (Å²) in [5, 5.41) is 3.52. The Labute approximate surface area is 151 Å². The molecule has 1 aromatic carbocycles. The van der Waals surface area contributed by atoms with E-state index in [2.05, 4.69) is 10.3 Å². The molecular formula is C18H23N3O3S. The van der Waals surface area contributed by atoms with Crippen LogP contribution in [0.3, 0.4) is 0 Å². The smallest absolute Gasteiger partial charge is 0.261 e. The van der Waals surface area contributed by atoms with E-state index in [-0.39, 0.29) is 17.5 Å². The summed E-state index contributed by atoms with van der Waals surface area (Å²) in [5.74, 6) is -0.151. The van der Waals surface area contributed by atoms with Crippen molar-refractivity contribution in [3.8, 4) is 0 Å². The average molecular weight is 361 g/mol. The summed E-state index contributed by atoms with van der Waals surface area (Å²) in [6.45, 7) is 2.85. The molecule has 0 saturated carbocycles. The molecule has 3 rings (SSSR count). The highest BCUT2D eigenvalue weighted by molar-refractivity contribution is 7.71. The third-order valence-corrected chi connectivity index (χ3v) is 5.06. The lowest BCUT2D eigenvalue weighted by molar-refractivity contribution is 0.0899. The highest BCUT2D eigenvalue weighted by Gasteiger charge is 2.17. The molecule has 0 bridgehead atoms. The normalized spacial score (nSPS) is 18.4. The molecule has 2 unspecified atom stereocenters. The standard InChI is InChI=1S/C18H23N3O3S/c1-11(5-7-13-4-3-9-24-13)19-16(22)12-6-8-14-15(10-12)20-18(25)21(2)17(14)23/h6,8,10-11,13H,3-5,7,9H2,1-2H3,(H,19,22)(H,20,25). The van der Waals surface area contributed by atoms with Gasteiger partial charge in [-0.05, 0) is 63.0 Å². The van der Waals surface area contributed by atoms with E-state index in [1.807, 2.05) is 6.92 Å². The van der Waals surface area contributed by atoms with Crippen LogP contribution in [-0.4, -0.2) is 34.2 Å². The first-order chi connectivity index (χ1) is 12.0. The topological polar surface area (TPSA) is 76.1 Å². The molecule has 25 heavy (non-hydrogen) atoms. The molecule has 134 valence electrons. The quantitative estimate of drug-likeness (QED) is 0.803. The SMILES string of the molecule is CC(CCC1CCCO1)NC(=O)c1ccc2c(=O)n(C)c(=S)[nH]c2c1. The predicted octanol–water partition coefficient (Wildman–Crippen LogP) is 2.67. The molecule has 1 aromatic heterocycles. The molecule has 2 N–H and O–H groups in total. The Morgan fingerprint density at radius 3 is 3.04 bits per heavy atom. The number of carbonyl (C=O) groups excluding carboxylic acids is 1. The van der Waals surface area contributed by atoms with Gasteiger partial charge in [-0.3, -0.25) is 14.2 Å². The minimum atomic E-state index is -0.171. The second-order valence-electron chi connectivity index (χ2n) is 6.64. The van der Waals surface area contributed by atoms with Crippen molar-refractivity contribution < 1.29 is 9.53 Å². The lowest BCUT2D eigenvalue weighted by Crippen LogP contribution is -2.33. The summed E-state index contributed by atoms with van der Waals surface area (Å²) in [4.78, 5) is 27.6. The largest absolute Gasteiger partial charge is 0.378 e. The van der Waals surface area contributed by atoms with Crippen molar-refractivity contribution in [1.82, 2.24) is 14.9 Å². The average Bonchev–Trinajstić information content (AvgIpc) is 3.11. The zero-order valence-electron chi connectivity index (χ0n) is 14.5. The predicted molar refractivity (Wildman–Crippen MR) is 99.5 cm³/mol. The van der Waals surface area contributed by atoms with Gasteiger partial charge in [-0.15, -0.1) is 0 Å². The lowest BCUT2D eigenvalue weighted by Gasteiger charge is -2.16. The van der Waals surface area contributed by atoms with Gasteiger partial charge in [0, 0.05) is 25.3 Å². The Morgan fingerprint density at radius 1 is 1.52 bits per heavy atom. The molecule has 1 amide bonds. The van der Waals surface area contributed by atoms with Crippen LogP contribution >= 0.6 is 12.2 Å². The maximum Gasteiger partial charge on any atom is 0.261 e. The van der Waals surface area contributed by atoms with Gasteiger partial charge >= 0.3 is 0 Å². The van der Waals surface area contributed by atoms with Crippen LogP contribution in [0.15, 0.2) is 23.0 Å². The zero-order chi connectivity index (χ0) is 18.0. The number of aromatic amines is 1. The Balaban J connectivity index is 1.70. The van der Waals surface area contributed by atoms with Gasteiger partial charge in [-0.25, -0.2) is 0 Å². The van der Waals surface area contributed by atoms with Crippen LogP contribution in [0, 0.1) is 4.77 Å². The summed E-state index contributed by atoms with van der Waals surface area (Å²) in [6, 6.07) is 5.07. The van der Waals surface area contributed by atoms with Gasteiger partial charge in [0.05, 0.1) is 17.0 Å². The third-order valence-electron chi connectivity index (χ3n) is 4.69. The van der Waals surface area contributed by atoms with Gasteiger partial charge in [0.25, 0.3) is 11.5 Å². The molecule has 6 nitrogen and oxygen atoms in total. The number of nitrogens with zero attached hydrogens (tertiary/aromatic N) is 1. The first-order valence-electron chi connectivity index (χ1n) is 8.61. The maximum atomic E-state index is 12.5. The van der Waals surface area contributed by atoms with E-state index in [0.717, 1.165) is 32.3 Å². The van der Waals surface area contributed by atoms with Crippen molar-refractivity contribution >= 4 is 29.0 Å². The minimum Gasteiger partial charge on any atom is -0.378 e. The number of rotatable bonds is 5. The lowest BCUT2D eigenvalue weighted by atomic mass is 10.1. The number of hydrogen-bond donors (Lipinski definition) is 2. The summed E-state index contributed by atoms with van der Waals surface area (Å²) in [5.41, 5.74) is 0.916. The van der Waals surface area contributed by atoms with E-state index < -0.39 is 0 Å². The second-order valence-corrected chi connectivity index (χ2v) is 7.03. The van der Waals surface area contributed by atoms with Crippen molar-refractivity contribution in [3.63, 3.8) is 0 Å². The van der Waals surface area contributed by atoms with Crippen molar-refractivity contribution in [2.75, 3.05) is 6.61 Å². The Morgan fingerprint density at radius 2 is 2.32 bits per heavy atom. The molecule has 1 saturated heterocycles. The van der Waals surface area contributed by atoms with Crippen LogP contribution < -0.4 is 10.9 Å². The van der Waals surface area contributed by atoms with Gasteiger partial charge in [0.1, 0.15) is 0 Å². The second kappa shape index (κ2) is 7.49. The molecule has 0 radical (unpaired) electrons. The maximum absolute atomic E-state index is 12.5. The van der Waals surface area contributed by atoms with Crippen molar-refractivity contribution in [2.24, 2.45) is 7.05 Å². The highest BCUT2D eigenvalue weighted by atomic mass is 32.1. The number of benzene rings is 1. The van der Waals surface area contributed by atoms with Crippen LogP contribution in [0.25, 0.3) is 10.9 Å². The number of aromatic nitrogens is 2. The van der Waals surface area contributed by atoms with E-state index in [4.69, 9.17) is 17.0 Å². The van der Waals surface area contributed by atoms with Gasteiger partial charge in [-0.2, -0.15) is 0 Å². The summed E-state index contributed by atoms with van der Waals surface area (Å²) >= 11 is 5.13. The fraction of sp³-hybridized carbons (Fsp3) is 0.500.